The maximum atomic E-state index is 12.6. The maximum absolute atomic E-state index is 12.6. The fraction of sp³-hybridized carbons (Fsp3) is 0.815. The van der Waals surface area contributed by atoms with E-state index >= 15 is 0 Å². The van der Waals surface area contributed by atoms with Crippen molar-refractivity contribution in [2.75, 3.05) is 91.6 Å². The molecule has 0 aliphatic carbocycles. The van der Waals surface area contributed by atoms with Gasteiger partial charge in [-0.15, -0.1) is 0 Å². The molecule has 1 aliphatic rings. The summed E-state index contributed by atoms with van der Waals surface area (Å²) in [7, 11) is 0. The Balaban J connectivity index is 0.00000781. The summed E-state index contributed by atoms with van der Waals surface area (Å²) in [5.41, 5.74) is 0. The zero-order valence-electron chi connectivity index (χ0n) is 25.1. The number of aliphatic carboxylic acids is 3. The van der Waals surface area contributed by atoms with Crippen molar-refractivity contribution < 1.29 is 39.3 Å². The highest BCUT2D eigenvalue weighted by atomic mass is 16.4. The Bertz CT molecular complexity index is 753. The number of carbonyl (C=O) groups excluding carboxylic acids is 2. The van der Waals surface area contributed by atoms with Gasteiger partial charge in [0.05, 0.1) is 26.2 Å². The first-order valence-electron chi connectivity index (χ1n) is 14.7. The molecule has 41 heavy (non-hydrogen) atoms. The summed E-state index contributed by atoms with van der Waals surface area (Å²) in [6.07, 6.45) is 3.70. The SMILES string of the molecule is CC.CCCCNC(=O)CCCCNC(=O)CN1CCN(CC(=O)O)CCN(CC(=O)O)CCN(CC(=O)O)CC1. The van der Waals surface area contributed by atoms with E-state index in [0.29, 0.717) is 84.7 Å². The van der Waals surface area contributed by atoms with E-state index in [2.05, 4.69) is 17.6 Å². The van der Waals surface area contributed by atoms with E-state index in [1.54, 1.807) is 14.7 Å². The van der Waals surface area contributed by atoms with E-state index in [1.807, 2.05) is 18.7 Å². The number of amides is 2. The van der Waals surface area contributed by atoms with Crippen LogP contribution in [0, 0.1) is 0 Å². The molecule has 0 aromatic rings. The topological polar surface area (TPSA) is 183 Å². The smallest absolute Gasteiger partial charge is 0.317 e. The van der Waals surface area contributed by atoms with Crippen LogP contribution in [0.25, 0.3) is 0 Å². The van der Waals surface area contributed by atoms with Gasteiger partial charge in [0.15, 0.2) is 0 Å². The normalized spacial score (nSPS) is 16.4. The number of carboxylic acids is 3. The number of hydrogen-bond acceptors (Lipinski definition) is 9. The van der Waals surface area contributed by atoms with E-state index < -0.39 is 17.9 Å². The Kier molecular flexibility index (Phi) is 22.2. The summed E-state index contributed by atoms with van der Waals surface area (Å²) in [6, 6.07) is 0. The third-order valence-corrected chi connectivity index (χ3v) is 6.38. The van der Waals surface area contributed by atoms with Crippen LogP contribution in [-0.4, -0.2) is 156 Å². The van der Waals surface area contributed by atoms with Gasteiger partial charge in [-0.25, -0.2) is 0 Å². The average Bonchev–Trinajstić information content (AvgIpc) is 2.90. The Hall–Kier alpha value is -2.81. The van der Waals surface area contributed by atoms with Crippen molar-refractivity contribution in [2.24, 2.45) is 0 Å². The highest BCUT2D eigenvalue weighted by molar-refractivity contribution is 5.78. The molecule has 0 aromatic heterocycles. The van der Waals surface area contributed by atoms with Crippen molar-refractivity contribution in [3.05, 3.63) is 0 Å². The fourth-order valence-electron chi connectivity index (χ4n) is 4.18. The van der Waals surface area contributed by atoms with E-state index in [1.165, 1.54) is 0 Å². The zero-order valence-corrected chi connectivity index (χ0v) is 25.1. The van der Waals surface area contributed by atoms with Crippen molar-refractivity contribution >= 4 is 29.7 Å². The lowest BCUT2D eigenvalue weighted by atomic mass is 10.2. The Morgan fingerprint density at radius 1 is 0.537 bits per heavy atom. The van der Waals surface area contributed by atoms with Crippen LogP contribution in [0.15, 0.2) is 0 Å². The van der Waals surface area contributed by atoms with Crippen molar-refractivity contribution in [1.29, 1.82) is 0 Å². The number of hydrogen-bond donors (Lipinski definition) is 5. The highest BCUT2D eigenvalue weighted by Gasteiger charge is 2.21. The van der Waals surface area contributed by atoms with Gasteiger partial charge in [0, 0.05) is 71.9 Å². The fourth-order valence-corrected chi connectivity index (χ4v) is 4.18. The van der Waals surface area contributed by atoms with Crippen LogP contribution in [0.3, 0.4) is 0 Å². The number of carboxylic acid groups (broad SMARTS) is 3. The van der Waals surface area contributed by atoms with Crippen LogP contribution in [0.2, 0.25) is 0 Å². The van der Waals surface area contributed by atoms with E-state index in [4.69, 9.17) is 0 Å². The molecule has 1 fully saturated rings. The molecule has 5 N–H and O–H groups in total. The standard InChI is InChI=1S/C25H46N6O8.C2H6/c1-2-3-7-26-21(32)6-4-5-8-27-22(33)17-28-9-11-29(18-23(34)35)13-15-31(20-25(38)39)16-14-30(12-10-28)19-24(36)37;1-2/h2-20H2,1H3,(H,26,32)(H,27,33)(H,34,35)(H,36,37)(H,38,39);1-2H3. The van der Waals surface area contributed by atoms with Gasteiger partial charge >= 0.3 is 17.9 Å². The molecule has 0 saturated carbocycles. The number of unbranched alkanes of at least 4 members (excludes halogenated alkanes) is 2. The molecule has 1 heterocycles. The van der Waals surface area contributed by atoms with Gasteiger partial charge in [-0.2, -0.15) is 0 Å². The number of rotatable bonds is 16. The van der Waals surface area contributed by atoms with Gasteiger partial charge in [-0.1, -0.05) is 27.2 Å². The molecule has 1 rings (SSSR count). The molecule has 0 spiro atoms. The minimum absolute atomic E-state index is 0.0111. The number of nitrogens with one attached hydrogen (secondary N) is 2. The molecule has 1 saturated heterocycles. The van der Waals surface area contributed by atoms with Crippen LogP contribution < -0.4 is 10.6 Å². The van der Waals surface area contributed by atoms with Crippen molar-refractivity contribution in [3.8, 4) is 0 Å². The van der Waals surface area contributed by atoms with Gasteiger partial charge < -0.3 is 26.0 Å². The van der Waals surface area contributed by atoms with Crippen molar-refractivity contribution in [1.82, 2.24) is 30.2 Å². The Labute approximate surface area is 244 Å². The summed E-state index contributed by atoms with van der Waals surface area (Å²) in [4.78, 5) is 65.4. The monoisotopic (exact) mass is 588 g/mol. The minimum Gasteiger partial charge on any atom is -0.480 e. The lowest BCUT2D eigenvalue weighted by Gasteiger charge is -2.32. The van der Waals surface area contributed by atoms with E-state index in [9.17, 15) is 39.3 Å². The lowest BCUT2D eigenvalue weighted by molar-refractivity contribution is -0.140. The second-order valence-electron chi connectivity index (χ2n) is 9.80. The summed E-state index contributed by atoms with van der Waals surface area (Å²) in [5.74, 6) is -3.19. The predicted octanol–water partition coefficient (Wildman–Crippen LogP) is -0.309. The minimum atomic E-state index is -1.01. The second-order valence-corrected chi connectivity index (χ2v) is 9.80. The molecule has 0 bridgehead atoms. The third-order valence-electron chi connectivity index (χ3n) is 6.38. The first kappa shape index (κ1) is 38.2. The van der Waals surface area contributed by atoms with E-state index in [0.717, 1.165) is 12.8 Å². The van der Waals surface area contributed by atoms with Crippen molar-refractivity contribution in [3.63, 3.8) is 0 Å². The molecule has 0 aromatic carbocycles. The summed E-state index contributed by atoms with van der Waals surface area (Å²) in [6.45, 7) is 9.36. The van der Waals surface area contributed by atoms with Gasteiger partial charge in [0.1, 0.15) is 0 Å². The molecule has 238 valence electrons. The molecular weight excluding hydrogens is 536 g/mol. The molecule has 2 amide bonds. The van der Waals surface area contributed by atoms with Crippen LogP contribution in [-0.2, 0) is 24.0 Å². The van der Waals surface area contributed by atoms with Crippen LogP contribution >= 0.6 is 0 Å². The second kappa shape index (κ2) is 23.9. The van der Waals surface area contributed by atoms with Gasteiger partial charge in [-0.3, -0.25) is 43.6 Å². The van der Waals surface area contributed by atoms with Crippen molar-refractivity contribution in [2.45, 2.75) is 52.9 Å². The molecule has 0 atom stereocenters. The number of carbonyl (C=O) groups is 5. The Morgan fingerprint density at radius 3 is 1.24 bits per heavy atom. The van der Waals surface area contributed by atoms with Crippen LogP contribution in [0.4, 0.5) is 0 Å². The first-order chi connectivity index (χ1) is 19.6. The number of nitrogens with zero attached hydrogens (tertiary/aromatic N) is 4. The predicted molar refractivity (Wildman–Crippen MR) is 155 cm³/mol. The third kappa shape index (κ3) is 21.6. The zero-order chi connectivity index (χ0) is 31.0. The molecule has 14 heteroatoms. The first-order valence-corrected chi connectivity index (χ1v) is 14.7. The van der Waals surface area contributed by atoms with E-state index in [-0.39, 0.29) is 38.0 Å². The maximum Gasteiger partial charge on any atom is 0.317 e. The lowest BCUT2D eigenvalue weighted by Crippen LogP contribution is -2.49. The average molecular weight is 589 g/mol. The Morgan fingerprint density at radius 2 is 0.878 bits per heavy atom. The van der Waals surface area contributed by atoms with Crippen LogP contribution in [0.5, 0.6) is 0 Å². The molecule has 0 unspecified atom stereocenters. The molecular formula is C27H52N6O8. The largest absolute Gasteiger partial charge is 0.480 e. The van der Waals surface area contributed by atoms with Gasteiger partial charge in [-0.05, 0) is 19.3 Å². The summed E-state index contributed by atoms with van der Waals surface area (Å²) < 4.78 is 0. The molecule has 14 nitrogen and oxygen atoms in total. The van der Waals surface area contributed by atoms with Gasteiger partial charge in [0.2, 0.25) is 11.8 Å². The summed E-state index contributed by atoms with van der Waals surface area (Å²) in [5, 5.41) is 33.6. The summed E-state index contributed by atoms with van der Waals surface area (Å²) >= 11 is 0. The molecule has 1 aliphatic heterocycles. The van der Waals surface area contributed by atoms with Crippen LogP contribution in [0.1, 0.15) is 52.9 Å². The molecule has 0 radical (unpaired) electrons. The quantitative estimate of drug-likeness (QED) is 0.149. The van der Waals surface area contributed by atoms with Gasteiger partial charge in [0.25, 0.3) is 0 Å². The highest BCUT2D eigenvalue weighted by Crippen LogP contribution is 2.02.